The van der Waals surface area contributed by atoms with Gasteiger partial charge >= 0.3 is 0 Å². The van der Waals surface area contributed by atoms with E-state index in [1.165, 1.54) is 42.5 Å². The number of carbonyl (C=O) groups is 2. The summed E-state index contributed by atoms with van der Waals surface area (Å²) in [4.78, 5) is 26.7. The number of para-hydroxylation sites is 1. The monoisotopic (exact) mass is 415 g/mol. The first-order chi connectivity index (χ1) is 12.5. The maximum Gasteiger partial charge on any atom is 0.268 e. The summed E-state index contributed by atoms with van der Waals surface area (Å²) in [5.74, 6) is -3.31. The van der Waals surface area contributed by atoms with Crippen molar-refractivity contribution < 1.29 is 18.4 Å². The van der Waals surface area contributed by atoms with Crippen molar-refractivity contribution in [2.24, 2.45) is 0 Å². The zero-order valence-electron chi connectivity index (χ0n) is 13.3. The van der Waals surface area contributed by atoms with Crippen LogP contribution in [0.1, 0.15) is 20.7 Å². The zero-order chi connectivity index (χ0) is 18.7. The van der Waals surface area contributed by atoms with E-state index in [0.717, 1.165) is 17.0 Å². The number of rotatable bonds is 3. The molecule has 0 unspecified atom stereocenters. The van der Waals surface area contributed by atoms with Gasteiger partial charge in [0.1, 0.15) is 11.6 Å². The summed E-state index contributed by atoms with van der Waals surface area (Å²) < 4.78 is 28.7. The van der Waals surface area contributed by atoms with Crippen LogP contribution >= 0.6 is 15.9 Å². The molecule has 0 heterocycles. The van der Waals surface area contributed by atoms with Gasteiger partial charge in [-0.2, -0.15) is 0 Å². The molecule has 3 rings (SSSR count). The van der Waals surface area contributed by atoms with E-state index in [-0.39, 0.29) is 16.8 Å². The molecule has 0 aromatic heterocycles. The Kier molecular flexibility index (Phi) is 5.23. The van der Waals surface area contributed by atoms with Crippen molar-refractivity contribution in [2.75, 3.05) is 4.90 Å². The Morgan fingerprint density at radius 3 is 1.58 bits per heavy atom. The quantitative estimate of drug-likeness (QED) is 0.550. The van der Waals surface area contributed by atoms with E-state index in [0.29, 0.717) is 4.47 Å². The molecule has 0 N–H and O–H groups in total. The minimum absolute atomic E-state index is 0.189. The summed E-state index contributed by atoms with van der Waals surface area (Å²) in [6.07, 6.45) is 0. The van der Waals surface area contributed by atoms with Crippen LogP contribution in [-0.4, -0.2) is 11.8 Å². The molecule has 3 nitrogen and oxygen atoms in total. The number of halogens is 3. The van der Waals surface area contributed by atoms with Gasteiger partial charge in [-0.15, -0.1) is 0 Å². The predicted octanol–water partition coefficient (Wildman–Crippen LogP) is 5.21. The number of hydrogen-bond acceptors (Lipinski definition) is 2. The third-order valence-corrected chi connectivity index (χ3v) is 4.38. The Morgan fingerprint density at radius 1 is 0.692 bits per heavy atom. The molecular formula is C20H12BrF2NO2. The molecule has 0 aliphatic heterocycles. The number of anilines is 1. The highest BCUT2D eigenvalue weighted by molar-refractivity contribution is 9.10. The van der Waals surface area contributed by atoms with Crippen LogP contribution < -0.4 is 4.90 Å². The van der Waals surface area contributed by atoms with Crippen molar-refractivity contribution in [3.05, 3.63) is 100 Å². The van der Waals surface area contributed by atoms with Crippen LogP contribution in [0.25, 0.3) is 0 Å². The minimum Gasteiger partial charge on any atom is -0.268 e. The second-order valence-electron chi connectivity index (χ2n) is 5.36. The molecule has 0 saturated heterocycles. The molecule has 3 aromatic rings. The molecule has 0 bridgehead atoms. The van der Waals surface area contributed by atoms with E-state index in [2.05, 4.69) is 15.9 Å². The van der Waals surface area contributed by atoms with Crippen LogP contribution in [0.15, 0.2) is 77.3 Å². The van der Waals surface area contributed by atoms with Gasteiger partial charge in [-0.1, -0.05) is 36.4 Å². The third kappa shape index (κ3) is 3.41. The van der Waals surface area contributed by atoms with Gasteiger partial charge in [-0.3, -0.25) is 9.59 Å². The van der Waals surface area contributed by atoms with Crippen molar-refractivity contribution in [1.82, 2.24) is 0 Å². The number of amides is 2. The van der Waals surface area contributed by atoms with Gasteiger partial charge in [0.2, 0.25) is 0 Å². The lowest BCUT2D eigenvalue weighted by Gasteiger charge is -2.22. The summed E-state index contributed by atoms with van der Waals surface area (Å²) in [6, 6.07) is 17.1. The van der Waals surface area contributed by atoms with Crippen molar-refractivity contribution in [1.29, 1.82) is 0 Å². The molecule has 0 aliphatic rings. The third-order valence-electron chi connectivity index (χ3n) is 3.71. The molecular weight excluding hydrogens is 404 g/mol. The molecule has 0 spiro atoms. The number of carbonyl (C=O) groups excluding carboxylic acids is 2. The molecule has 0 saturated carbocycles. The fourth-order valence-electron chi connectivity index (χ4n) is 2.45. The van der Waals surface area contributed by atoms with Gasteiger partial charge in [-0.25, -0.2) is 13.7 Å². The predicted molar refractivity (Wildman–Crippen MR) is 98.1 cm³/mol. The van der Waals surface area contributed by atoms with Gasteiger partial charge in [0.15, 0.2) is 0 Å². The van der Waals surface area contributed by atoms with E-state index in [4.69, 9.17) is 0 Å². The van der Waals surface area contributed by atoms with Gasteiger partial charge in [0.05, 0.1) is 16.8 Å². The number of hydrogen-bond donors (Lipinski definition) is 0. The summed E-state index contributed by atoms with van der Waals surface area (Å²) >= 11 is 3.28. The van der Waals surface area contributed by atoms with E-state index in [1.54, 1.807) is 18.2 Å². The normalized spacial score (nSPS) is 10.4. The van der Waals surface area contributed by atoms with Gasteiger partial charge < -0.3 is 0 Å². The lowest BCUT2D eigenvalue weighted by atomic mass is 10.1. The largest absolute Gasteiger partial charge is 0.268 e. The molecule has 0 aliphatic carbocycles. The maximum atomic E-state index is 14.1. The summed E-state index contributed by atoms with van der Waals surface area (Å²) in [7, 11) is 0. The fourth-order valence-corrected chi connectivity index (χ4v) is 2.92. The molecule has 2 amide bonds. The van der Waals surface area contributed by atoms with Crippen LogP contribution in [0.4, 0.5) is 14.5 Å². The first-order valence-corrected chi connectivity index (χ1v) is 8.42. The van der Waals surface area contributed by atoms with Crippen LogP contribution in [0.3, 0.4) is 0 Å². The molecule has 6 heteroatoms. The minimum atomic E-state index is -0.886. The highest BCUT2D eigenvalue weighted by Crippen LogP contribution is 2.29. The molecule has 0 atom stereocenters. The second-order valence-corrected chi connectivity index (χ2v) is 6.21. The molecule has 3 aromatic carbocycles. The number of imide groups is 1. The van der Waals surface area contributed by atoms with E-state index < -0.39 is 23.4 Å². The van der Waals surface area contributed by atoms with Gasteiger partial charge in [-0.05, 0) is 52.3 Å². The van der Waals surface area contributed by atoms with E-state index in [9.17, 15) is 18.4 Å². The topological polar surface area (TPSA) is 37.4 Å². The maximum absolute atomic E-state index is 14.1. The lowest BCUT2D eigenvalue weighted by Crippen LogP contribution is -2.38. The Balaban J connectivity index is 2.16. The van der Waals surface area contributed by atoms with Crippen LogP contribution in [0.5, 0.6) is 0 Å². The zero-order valence-corrected chi connectivity index (χ0v) is 14.9. The lowest BCUT2D eigenvalue weighted by molar-refractivity contribution is 0.0893. The number of nitrogens with zero attached hydrogens (tertiary/aromatic N) is 1. The average Bonchev–Trinajstić information content (AvgIpc) is 2.64. The first kappa shape index (κ1) is 17.9. The Bertz CT molecular complexity index is 933. The Labute approximate surface area is 157 Å². The van der Waals surface area contributed by atoms with Crippen LogP contribution in [0, 0.1) is 11.6 Å². The molecule has 0 fully saturated rings. The van der Waals surface area contributed by atoms with E-state index in [1.807, 2.05) is 0 Å². The van der Waals surface area contributed by atoms with E-state index >= 15 is 0 Å². The Hall–Kier alpha value is -2.86. The van der Waals surface area contributed by atoms with Crippen LogP contribution in [0.2, 0.25) is 0 Å². The highest BCUT2D eigenvalue weighted by atomic mass is 79.9. The van der Waals surface area contributed by atoms with Gasteiger partial charge in [0.25, 0.3) is 11.8 Å². The molecule has 0 radical (unpaired) electrons. The number of benzene rings is 3. The van der Waals surface area contributed by atoms with Crippen molar-refractivity contribution >= 4 is 33.4 Å². The van der Waals surface area contributed by atoms with Gasteiger partial charge in [0, 0.05) is 4.47 Å². The van der Waals surface area contributed by atoms with Crippen molar-refractivity contribution in [3.8, 4) is 0 Å². The fraction of sp³-hybridized carbons (Fsp3) is 0. The first-order valence-electron chi connectivity index (χ1n) is 7.63. The molecule has 26 heavy (non-hydrogen) atoms. The Morgan fingerprint density at radius 2 is 1.12 bits per heavy atom. The molecule has 130 valence electrons. The second kappa shape index (κ2) is 7.58. The van der Waals surface area contributed by atoms with Crippen molar-refractivity contribution in [2.45, 2.75) is 0 Å². The average molecular weight is 416 g/mol. The van der Waals surface area contributed by atoms with Crippen LogP contribution in [-0.2, 0) is 0 Å². The summed E-state index contributed by atoms with van der Waals surface area (Å²) in [5.41, 5.74) is -0.380. The van der Waals surface area contributed by atoms with Crippen molar-refractivity contribution in [3.63, 3.8) is 0 Å². The SMILES string of the molecule is O=C(c1ccccc1F)N(C(=O)c1ccccc1F)c1ccccc1Br. The summed E-state index contributed by atoms with van der Waals surface area (Å²) in [5, 5.41) is 0. The summed E-state index contributed by atoms with van der Waals surface area (Å²) in [6.45, 7) is 0. The highest BCUT2D eigenvalue weighted by Gasteiger charge is 2.30. The smallest absolute Gasteiger partial charge is 0.268 e. The standard InChI is InChI=1S/C20H12BrF2NO2/c21-15-9-3-6-12-18(15)24(19(25)13-7-1-4-10-16(13)22)20(26)14-8-2-5-11-17(14)23/h1-12H.